The lowest BCUT2D eigenvalue weighted by Gasteiger charge is -2.34. The predicted molar refractivity (Wildman–Crippen MR) is 129 cm³/mol. The number of aromatic amines is 1. The molecule has 0 saturated carbocycles. The quantitative estimate of drug-likeness (QED) is 0.349. The molecule has 0 unspecified atom stereocenters. The molecule has 0 radical (unpaired) electrons. The Kier molecular flexibility index (Phi) is 6.78. The van der Waals surface area contributed by atoms with E-state index in [1.165, 1.54) is 24.4 Å². The highest BCUT2D eigenvalue weighted by Gasteiger charge is 2.32. The Hall–Kier alpha value is -3.64. The molecule has 2 aromatic carbocycles. The molecular formula is C25H25F4N5O3. The molecule has 37 heavy (non-hydrogen) atoms. The second kappa shape index (κ2) is 10.0. The standard InChI is InChI=1S/C25H25F4N5O3/c1-15-9-16-18(32-15)3-4-20(23(16)26)37-24-17-10-21(35-2)22(11-19(17)30-13-31-24)36-14-34-7-5-33(6-8-34)12-25(27,28)29/h3-4,9-11,13,32H,5-8,12,14H2,1-2H3. The van der Waals surface area contributed by atoms with Crippen LogP contribution in [0, 0.1) is 12.7 Å². The zero-order chi connectivity index (χ0) is 26.2. The number of hydrogen-bond donors (Lipinski definition) is 1. The van der Waals surface area contributed by atoms with Crippen LogP contribution >= 0.6 is 0 Å². The summed E-state index contributed by atoms with van der Waals surface area (Å²) in [5, 5.41) is 0.915. The van der Waals surface area contributed by atoms with Gasteiger partial charge in [0, 0.05) is 48.8 Å². The number of rotatable bonds is 7. The molecule has 8 nitrogen and oxygen atoms in total. The Balaban J connectivity index is 1.32. The third-order valence-electron chi connectivity index (χ3n) is 6.20. The number of benzene rings is 2. The lowest BCUT2D eigenvalue weighted by atomic mass is 10.2. The van der Waals surface area contributed by atoms with Crippen molar-refractivity contribution in [3.8, 4) is 23.1 Å². The lowest BCUT2D eigenvalue weighted by Crippen LogP contribution is -2.49. The van der Waals surface area contributed by atoms with Crippen LogP contribution in [0.2, 0.25) is 0 Å². The third-order valence-corrected chi connectivity index (χ3v) is 6.20. The van der Waals surface area contributed by atoms with Gasteiger partial charge >= 0.3 is 6.18 Å². The number of nitrogens with one attached hydrogen (secondary N) is 1. The zero-order valence-corrected chi connectivity index (χ0v) is 20.2. The normalized spacial score (nSPS) is 15.4. The fourth-order valence-electron chi connectivity index (χ4n) is 4.36. The summed E-state index contributed by atoms with van der Waals surface area (Å²) in [4.78, 5) is 14.9. The molecule has 0 spiro atoms. The maximum atomic E-state index is 15.1. The molecule has 0 atom stereocenters. The SMILES string of the molecule is COc1cc2c(Oc3ccc4[nH]c(C)cc4c3F)ncnc2cc1OCN1CCN(CC(F)(F)F)CC1. The van der Waals surface area contributed by atoms with Crippen LogP contribution in [-0.4, -0.2) is 77.5 Å². The maximum Gasteiger partial charge on any atom is 0.401 e. The monoisotopic (exact) mass is 519 g/mol. The van der Waals surface area contributed by atoms with E-state index in [9.17, 15) is 13.2 Å². The lowest BCUT2D eigenvalue weighted by molar-refractivity contribution is -0.150. The fourth-order valence-corrected chi connectivity index (χ4v) is 4.36. The van der Waals surface area contributed by atoms with Crippen LogP contribution in [0.15, 0.2) is 36.7 Å². The predicted octanol–water partition coefficient (Wildman–Crippen LogP) is 4.88. The molecule has 1 aliphatic heterocycles. The van der Waals surface area contributed by atoms with Crippen LogP contribution in [0.1, 0.15) is 5.69 Å². The van der Waals surface area contributed by atoms with Crippen molar-refractivity contribution in [1.82, 2.24) is 24.8 Å². The number of piperazine rings is 1. The summed E-state index contributed by atoms with van der Waals surface area (Å²) in [5.74, 6) is 0.472. The van der Waals surface area contributed by atoms with E-state index in [2.05, 4.69) is 15.0 Å². The summed E-state index contributed by atoms with van der Waals surface area (Å²) in [6.45, 7) is 2.61. The van der Waals surface area contributed by atoms with Crippen LogP contribution in [0.5, 0.6) is 23.1 Å². The molecule has 0 amide bonds. The van der Waals surface area contributed by atoms with Gasteiger partial charge in [0.15, 0.2) is 23.1 Å². The average molecular weight is 519 g/mol. The Morgan fingerprint density at radius 3 is 2.43 bits per heavy atom. The van der Waals surface area contributed by atoms with Gasteiger partial charge in [-0.25, -0.2) is 14.4 Å². The van der Waals surface area contributed by atoms with Crippen molar-refractivity contribution in [2.75, 3.05) is 46.6 Å². The van der Waals surface area contributed by atoms with Gasteiger partial charge in [0.2, 0.25) is 5.88 Å². The molecule has 1 N–H and O–H groups in total. The summed E-state index contributed by atoms with van der Waals surface area (Å²) in [6, 6.07) is 8.29. The largest absolute Gasteiger partial charge is 0.493 e. The number of methoxy groups -OCH3 is 1. The molecule has 1 aliphatic rings. The van der Waals surface area contributed by atoms with E-state index in [0.29, 0.717) is 59.5 Å². The topological polar surface area (TPSA) is 75.7 Å². The third kappa shape index (κ3) is 5.54. The number of ether oxygens (including phenoxy) is 3. The summed E-state index contributed by atoms with van der Waals surface area (Å²) in [6.07, 6.45) is -2.90. The number of alkyl halides is 3. The molecule has 5 rings (SSSR count). The second-order valence-corrected chi connectivity index (χ2v) is 8.88. The van der Waals surface area contributed by atoms with Crippen LogP contribution in [0.25, 0.3) is 21.8 Å². The summed E-state index contributed by atoms with van der Waals surface area (Å²) in [7, 11) is 1.48. The van der Waals surface area contributed by atoms with Crippen molar-refractivity contribution in [2.45, 2.75) is 13.1 Å². The van der Waals surface area contributed by atoms with E-state index in [1.54, 1.807) is 24.3 Å². The minimum absolute atomic E-state index is 0.0236. The van der Waals surface area contributed by atoms with Crippen molar-refractivity contribution in [3.63, 3.8) is 0 Å². The van der Waals surface area contributed by atoms with Crippen LogP contribution in [-0.2, 0) is 0 Å². The highest BCUT2D eigenvalue weighted by Crippen LogP contribution is 2.37. The Bertz CT molecular complexity index is 1420. The molecule has 0 bridgehead atoms. The van der Waals surface area contributed by atoms with Crippen molar-refractivity contribution < 1.29 is 31.8 Å². The Labute approximate surface area is 209 Å². The van der Waals surface area contributed by atoms with Gasteiger partial charge in [-0.05, 0) is 31.2 Å². The van der Waals surface area contributed by atoms with Crippen molar-refractivity contribution in [3.05, 3.63) is 48.2 Å². The maximum absolute atomic E-state index is 15.1. The number of hydrogen-bond acceptors (Lipinski definition) is 7. The molecule has 2 aromatic heterocycles. The van der Waals surface area contributed by atoms with E-state index in [1.807, 2.05) is 11.8 Å². The minimum Gasteiger partial charge on any atom is -0.493 e. The van der Waals surface area contributed by atoms with E-state index >= 15 is 4.39 Å². The summed E-state index contributed by atoms with van der Waals surface area (Å²) >= 11 is 0. The minimum atomic E-state index is -4.21. The van der Waals surface area contributed by atoms with Gasteiger partial charge in [0.1, 0.15) is 13.1 Å². The molecule has 1 saturated heterocycles. The first-order valence-corrected chi connectivity index (χ1v) is 11.6. The van der Waals surface area contributed by atoms with E-state index in [-0.39, 0.29) is 18.4 Å². The Morgan fingerprint density at radius 2 is 1.70 bits per heavy atom. The molecular weight excluding hydrogens is 494 g/mol. The van der Waals surface area contributed by atoms with Gasteiger partial charge in [-0.15, -0.1) is 0 Å². The van der Waals surface area contributed by atoms with Crippen LogP contribution in [0.4, 0.5) is 17.6 Å². The number of fused-ring (bicyclic) bond motifs is 2. The van der Waals surface area contributed by atoms with Crippen LogP contribution in [0.3, 0.4) is 0 Å². The highest BCUT2D eigenvalue weighted by atomic mass is 19.4. The number of aromatic nitrogens is 3. The molecule has 1 fully saturated rings. The van der Waals surface area contributed by atoms with E-state index in [0.717, 1.165) is 5.69 Å². The summed E-state index contributed by atoms with van der Waals surface area (Å²) in [5.41, 5.74) is 1.99. The van der Waals surface area contributed by atoms with Gasteiger partial charge < -0.3 is 19.2 Å². The second-order valence-electron chi connectivity index (χ2n) is 8.88. The van der Waals surface area contributed by atoms with Crippen LogP contribution < -0.4 is 14.2 Å². The number of nitrogens with zero attached hydrogens (tertiary/aromatic N) is 4. The highest BCUT2D eigenvalue weighted by molar-refractivity contribution is 5.87. The smallest absolute Gasteiger partial charge is 0.401 e. The number of H-pyrrole nitrogens is 1. The van der Waals surface area contributed by atoms with Gasteiger partial charge in [-0.3, -0.25) is 9.80 Å². The number of aryl methyl sites for hydroxylation is 1. The van der Waals surface area contributed by atoms with Crippen molar-refractivity contribution >= 4 is 21.8 Å². The first-order valence-electron chi connectivity index (χ1n) is 11.6. The summed E-state index contributed by atoms with van der Waals surface area (Å²) < 4.78 is 70.2. The van der Waals surface area contributed by atoms with Gasteiger partial charge in [-0.1, -0.05) is 0 Å². The molecule has 4 aromatic rings. The molecule has 0 aliphatic carbocycles. The van der Waals surface area contributed by atoms with Gasteiger partial charge in [-0.2, -0.15) is 13.2 Å². The number of halogens is 4. The Morgan fingerprint density at radius 1 is 0.946 bits per heavy atom. The fraction of sp³-hybridized carbons (Fsp3) is 0.360. The van der Waals surface area contributed by atoms with E-state index < -0.39 is 18.5 Å². The molecule has 12 heteroatoms. The first-order chi connectivity index (χ1) is 17.7. The molecule has 196 valence electrons. The average Bonchev–Trinajstić information content (AvgIpc) is 3.25. The first kappa shape index (κ1) is 25.0. The van der Waals surface area contributed by atoms with Gasteiger partial charge in [0.05, 0.1) is 24.6 Å². The van der Waals surface area contributed by atoms with E-state index in [4.69, 9.17) is 14.2 Å². The van der Waals surface area contributed by atoms with Crippen molar-refractivity contribution in [2.24, 2.45) is 0 Å². The molecule has 3 heterocycles. The van der Waals surface area contributed by atoms with Gasteiger partial charge in [0.25, 0.3) is 0 Å². The van der Waals surface area contributed by atoms with Crippen molar-refractivity contribution in [1.29, 1.82) is 0 Å². The zero-order valence-electron chi connectivity index (χ0n) is 20.2.